The fraction of sp³-hybridized carbons (Fsp3) is 0.333. The van der Waals surface area contributed by atoms with Gasteiger partial charge in [0.1, 0.15) is 18.1 Å². The molecule has 34 heavy (non-hydrogen) atoms. The van der Waals surface area contributed by atoms with E-state index in [1.54, 1.807) is 49.7 Å². The number of nitrogens with two attached hydrogens (primary N) is 2. The molecule has 0 unspecified atom stereocenters. The van der Waals surface area contributed by atoms with Crippen molar-refractivity contribution in [3.05, 3.63) is 52.0 Å². The van der Waals surface area contributed by atoms with Crippen LogP contribution in [-0.2, 0) is 6.61 Å². The molecule has 0 aliphatic carbocycles. The lowest BCUT2D eigenvalue weighted by molar-refractivity contribution is 0.0646. The van der Waals surface area contributed by atoms with Crippen molar-refractivity contribution in [3.63, 3.8) is 0 Å². The Hall–Kier alpha value is -3.50. The number of thiophene rings is 1. The maximum atomic E-state index is 13.5. The summed E-state index contributed by atoms with van der Waals surface area (Å²) < 4.78 is 13.5. The number of amides is 1. The minimum Gasteiger partial charge on any atom is -0.496 e. The number of rotatable bonds is 5. The summed E-state index contributed by atoms with van der Waals surface area (Å²) in [5, 5.41) is 10.1. The van der Waals surface area contributed by atoms with Crippen LogP contribution in [0.4, 0.5) is 0 Å². The van der Waals surface area contributed by atoms with Gasteiger partial charge in [-0.1, -0.05) is 0 Å². The van der Waals surface area contributed by atoms with Crippen LogP contribution in [0.1, 0.15) is 42.4 Å². The molecular weight excluding hydrogens is 452 g/mol. The fourth-order valence-electron chi connectivity index (χ4n) is 3.76. The van der Waals surface area contributed by atoms with Crippen LogP contribution < -0.4 is 21.1 Å². The average molecular weight is 483 g/mol. The molecule has 1 aromatic carbocycles. The summed E-state index contributed by atoms with van der Waals surface area (Å²) in [6.07, 6.45) is 1.61. The van der Waals surface area contributed by atoms with E-state index in [1.165, 1.54) is 5.01 Å². The van der Waals surface area contributed by atoms with Gasteiger partial charge in [-0.25, -0.2) is 10.5 Å². The predicted molar refractivity (Wildman–Crippen MR) is 134 cm³/mol. The Morgan fingerprint density at radius 2 is 2.06 bits per heavy atom. The minimum absolute atomic E-state index is 0.164. The molecule has 0 radical (unpaired) electrons. The van der Waals surface area contributed by atoms with Gasteiger partial charge in [-0.3, -0.25) is 4.79 Å². The SMILES string of the molecule is COc1cc2c(cc1/C(N)=C/N(C)N)-c1c(c(C(=O)N(C)C(C)(C)C)nn1-c1ccsc1)CO2. The third-order valence-electron chi connectivity index (χ3n) is 5.83. The van der Waals surface area contributed by atoms with Gasteiger partial charge in [0.15, 0.2) is 5.69 Å². The fourth-order valence-corrected chi connectivity index (χ4v) is 4.38. The Morgan fingerprint density at radius 1 is 1.32 bits per heavy atom. The smallest absolute Gasteiger partial charge is 0.274 e. The molecule has 1 amide bonds. The van der Waals surface area contributed by atoms with Crippen LogP contribution in [0.5, 0.6) is 11.5 Å². The lowest BCUT2D eigenvalue weighted by Crippen LogP contribution is -2.43. The molecule has 0 fully saturated rings. The number of methoxy groups -OCH3 is 1. The van der Waals surface area contributed by atoms with E-state index in [0.29, 0.717) is 28.5 Å². The first-order chi connectivity index (χ1) is 16.0. The van der Waals surface area contributed by atoms with Crippen molar-refractivity contribution in [3.8, 4) is 28.4 Å². The standard InChI is InChI=1S/C24H30N6O3S/c1-24(2,3)29(5)23(31)21-17-12-33-20-10-19(32-6)15(18(25)11-28(4)26)9-16(20)22(17)30(27-21)14-7-8-34-13-14/h7-11,13H,12,25-26H2,1-6H3/b18-11-. The molecule has 0 bridgehead atoms. The van der Waals surface area contributed by atoms with Crippen LogP contribution >= 0.6 is 11.3 Å². The molecule has 10 heteroatoms. The van der Waals surface area contributed by atoms with E-state index in [4.69, 9.17) is 26.1 Å². The number of carbonyl (C=O) groups excluding carboxylic acids is 1. The van der Waals surface area contributed by atoms with Crippen molar-refractivity contribution in [1.82, 2.24) is 19.7 Å². The summed E-state index contributed by atoms with van der Waals surface area (Å²) >= 11 is 1.56. The summed E-state index contributed by atoms with van der Waals surface area (Å²) in [6, 6.07) is 5.67. The quantitative estimate of drug-likeness (QED) is 0.423. The molecule has 4 rings (SSSR count). The zero-order valence-electron chi connectivity index (χ0n) is 20.2. The van der Waals surface area contributed by atoms with E-state index < -0.39 is 0 Å². The molecular formula is C24H30N6O3S. The number of hydrogen-bond acceptors (Lipinski definition) is 8. The lowest BCUT2D eigenvalue weighted by Gasteiger charge is -2.31. The van der Waals surface area contributed by atoms with Crippen molar-refractivity contribution in [2.24, 2.45) is 11.6 Å². The average Bonchev–Trinajstić information content (AvgIpc) is 3.43. The maximum absolute atomic E-state index is 13.5. The van der Waals surface area contributed by atoms with Crippen LogP contribution in [-0.4, -0.2) is 52.3 Å². The molecule has 180 valence electrons. The predicted octanol–water partition coefficient (Wildman–Crippen LogP) is 3.43. The molecule has 1 aliphatic rings. The maximum Gasteiger partial charge on any atom is 0.274 e. The normalized spacial score (nSPS) is 13.1. The summed E-state index contributed by atoms with van der Waals surface area (Å²) in [5.41, 5.74) is 10.6. The molecule has 0 atom stereocenters. The van der Waals surface area contributed by atoms with E-state index in [0.717, 1.165) is 22.5 Å². The van der Waals surface area contributed by atoms with Crippen LogP contribution in [0.3, 0.4) is 0 Å². The monoisotopic (exact) mass is 482 g/mol. The Labute approximate surface area is 203 Å². The number of hydrogen-bond donors (Lipinski definition) is 2. The molecule has 4 N–H and O–H groups in total. The summed E-state index contributed by atoms with van der Waals surface area (Å²) in [4.78, 5) is 15.2. The second kappa shape index (κ2) is 8.69. The number of hydrazine groups is 1. The largest absolute Gasteiger partial charge is 0.496 e. The zero-order valence-corrected chi connectivity index (χ0v) is 21.1. The highest BCUT2D eigenvalue weighted by molar-refractivity contribution is 7.08. The second-order valence-corrected chi connectivity index (χ2v) is 9.97. The van der Waals surface area contributed by atoms with Crippen LogP contribution in [0.15, 0.2) is 35.2 Å². The van der Waals surface area contributed by atoms with Crippen LogP contribution in [0, 0.1) is 0 Å². The van der Waals surface area contributed by atoms with Crippen LogP contribution in [0.2, 0.25) is 0 Å². The van der Waals surface area contributed by atoms with Gasteiger partial charge in [-0.2, -0.15) is 16.4 Å². The van der Waals surface area contributed by atoms with Crippen molar-refractivity contribution < 1.29 is 14.3 Å². The molecule has 0 saturated carbocycles. The third kappa shape index (κ3) is 4.10. The van der Waals surface area contributed by atoms with Gasteiger partial charge >= 0.3 is 0 Å². The Morgan fingerprint density at radius 3 is 2.65 bits per heavy atom. The Bertz CT molecular complexity index is 1250. The molecule has 2 aromatic heterocycles. The van der Waals surface area contributed by atoms with Crippen molar-refractivity contribution in [2.75, 3.05) is 21.2 Å². The molecule has 0 saturated heterocycles. The number of nitrogens with zero attached hydrogens (tertiary/aromatic N) is 4. The van der Waals surface area contributed by atoms with Gasteiger partial charge < -0.3 is 25.1 Å². The summed E-state index contributed by atoms with van der Waals surface area (Å²) in [5.74, 6) is 6.80. The first-order valence-corrected chi connectivity index (χ1v) is 11.7. The first kappa shape index (κ1) is 23.7. The number of fused-ring (bicyclic) bond motifs is 3. The van der Waals surface area contributed by atoms with Crippen molar-refractivity contribution >= 4 is 22.9 Å². The number of carbonyl (C=O) groups is 1. The highest BCUT2D eigenvalue weighted by atomic mass is 32.1. The Kier molecular flexibility index (Phi) is 6.05. The van der Waals surface area contributed by atoms with Crippen molar-refractivity contribution in [2.45, 2.75) is 32.9 Å². The van der Waals surface area contributed by atoms with Gasteiger partial charge in [-0.15, -0.1) is 0 Å². The van der Waals surface area contributed by atoms with E-state index in [2.05, 4.69) is 0 Å². The highest BCUT2D eigenvalue weighted by Gasteiger charge is 2.34. The lowest BCUT2D eigenvalue weighted by atomic mass is 9.97. The van der Waals surface area contributed by atoms with Gasteiger partial charge in [0, 0.05) is 54.0 Å². The highest BCUT2D eigenvalue weighted by Crippen LogP contribution is 2.44. The van der Waals surface area contributed by atoms with Gasteiger partial charge in [0.25, 0.3) is 5.91 Å². The molecule has 3 heterocycles. The van der Waals surface area contributed by atoms with Gasteiger partial charge in [0.2, 0.25) is 0 Å². The van der Waals surface area contributed by atoms with Crippen molar-refractivity contribution in [1.29, 1.82) is 0 Å². The summed E-state index contributed by atoms with van der Waals surface area (Å²) in [6.45, 7) is 6.17. The van der Waals surface area contributed by atoms with E-state index in [-0.39, 0.29) is 18.1 Å². The molecule has 1 aliphatic heterocycles. The Balaban J connectivity index is 1.97. The van der Waals surface area contributed by atoms with E-state index in [1.807, 2.05) is 48.3 Å². The summed E-state index contributed by atoms with van der Waals surface area (Å²) in [7, 11) is 5.05. The second-order valence-electron chi connectivity index (χ2n) is 9.19. The molecule has 0 spiro atoms. The number of ether oxygens (including phenoxy) is 2. The third-order valence-corrected chi connectivity index (χ3v) is 6.50. The van der Waals surface area contributed by atoms with Gasteiger partial charge in [-0.05, 0) is 38.3 Å². The van der Waals surface area contributed by atoms with E-state index >= 15 is 0 Å². The number of aromatic nitrogens is 2. The topological polar surface area (TPSA) is 112 Å². The zero-order chi connectivity index (χ0) is 24.8. The van der Waals surface area contributed by atoms with E-state index in [9.17, 15) is 4.79 Å². The van der Waals surface area contributed by atoms with Gasteiger partial charge in [0.05, 0.1) is 24.2 Å². The first-order valence-electron chi connectivity index (χ1n) is 10.8. The molecule has 3 aromatic rings. The van der Waals surface area contributed by atoms with Crippen LogP contribution in [0.25, 0.3) is 22.6 Å². The number of benzene rings is 1. The minimum atomic E-state index is -0.364. The molecule has 9 nitrogen and oxygen atoms in total.